The van der Waals surface area contributed by atoms with Crippen LogP contribution in [0.4, 0.5) is 0 Å². The summed E-state index contributed by atoms with van der Waals surface area (Å²) >= 11 is 0. The van der Waals surface area contributed by atoms with Crippen LogP contribution in [0.2, 0.25) is 0 Å². The van der Waals surface area contributed by atoms with E-state index in [9.17, 15) is 5.11 Å². The number of aliphatic hydroxyl groups excluding tert-OH is 2. The molecule has 2 aromatic rings. The molecule has 0 spiro atoms. The largest absolute Gasteiger partial charge is 0.493 e. The number of aliphatic hydroxyl groups is 2. The Balaban J connectivity index is 1.24. The van der Waals surface area contributed by atoms with Crippen molar-refractivity contribution in [1.82, 2.24) is 15.1 Å². The van der Waals surface area contributed by atoms with Crippen LogP contribution in [-0.2, 0) is 0 Å². The second-order valence-corrected chi connectivity index (χ2v) is 10.8. The molecule has 2 aliphatic rings. The van der Waals surface area contributed by atoms with Crippen LogP contribution in [0.25, 0.3) is 11.1 Å². The minimum Gasteiger partial charge on any atom is -0.493 e. The Morgan fingerprint density at radius 3 is 2.00 bits per heavy atom. The maximum Gasteiger partial charge on any atom is 0.122 e. The van der Waals surface area contributed by atoms with Crippen LogP contribution in [0.15, 0.2) is 36.4 Å². The number of hydrogen-bond donors (Lipinski definition) is 3. The van der Waals surface area contributed by atoms with E-state index in [0.29, 0.717) is 19.3 Å². The first-order valence-corrected chi connectivity index (χ1v) is 14.5. The van der Waals surface area contributed by atoms with Crippen molar-refractivity contribution in [3.05, 3.63) is 47.5 Å². The molecule has 2 heterocycles. The predicted molar refractivity (Wildman–Crippen MR) is 153 cm³/mol. The summed E-state index contributed by atoms with van der Waals surface area (Å²) in [6.07, 6.45) is 4.93. The number of nitrogens with one attached hydrogen (secondary N) is 1. The van der Waals surface area contributed by atoms with Crippen LogP contribution in [0.1, 0.15) is 43.2 Å². The van der Waals surface area contributed by atoms with Gasteiger partial charge in [0.1, 0.15) is 11.5 Å². The lowest BCUT2D eigenvalue weighted by atomic mass is 9.95. The van der Waals surface area contributed by atoms with Crippen molar-refractivity contribution >= 4 is 0 Å². The number of likely N-dealkylation sites (tertiary alicyclic amines) is 2. The average Bonchev–Trinajstić information content (AvgIpc) is 3.34. The lowest BCUT2D eigenvalue weighted by Gasteiger charge is -2.32. The molecule has 4 rings (SSSR count). The summed E-state index contributed by atoms with van der Waals surface area (Å²) in [6.45, 7) is 12.5. The normalized spacial score (nSPS) is 19.2. The number of hydrogen-bond acceptors (Lipinski definition) is 7. The number of benzene rings is 2. The van der Waals surface area contributed by atoms with Crippen LogP contribution in [0.5, 0.6) is 11.5 Å². The standard InChI is InChI=1S/C31H47N3O4/c1-24-28(29-8-4-10-31(25(29)2)38-22-6-15-34-18-13-27(36)23-34)7-3-9-30(24)37-21-5-14-32-26-11-16-33(17-12-26)19-20-35/h3-4,7-10,26-27,32,35-36H,5-6,11-23H2,1-2H3. The van der Waals surface area contributed by atoms with Crippen molar-refractivity contribution in [2.75, 3.05) is 65.6 Å². The van der Waals surface area contributed by atoms with Gasteiger partial charge in [-0.15, -0.1) is 0 Å². The maximum atomic E-state index is 9.70. The Hall–Kier alpha value is -2.16. The summed E-state index contributed by atoms with van der Waals surface area (Å²) in [6, 6.07) is 13.2. The molecule has 0 aliphatic carbocycles. The summed E-state index contributed by atoms with van der Waals surface area (Å²) in [7, 11) is 0. The van der Waals surface area contributed by atoms with E-state index in [0.717, 1.165) is 101 Å². The molecule has 0 bridgehead atoms. The predicted octanol–water partition coefficient (Wildman–Crippen LogP) is 3.62. The highest BCUT2D eigenvalue weighted by Crippen LogP contribution is 2.35. The van der Waals surface area contributed by atoms with Crippen LogP contribution in [0.3, 0.4) is 0 Å². The Morgan fingerprint density at radius 2 is 1.42 bits per heavy atom. The molecule has 38 heavy (non-hydrogen) atoms. The number of nitrogens with zero attached hydrogens (tertiary/aromatic N) is 2. The molecule has 1 unspecified atom stereocenters. The zero-order valence-corrected chi connectivity index (χ0v) is 23.3. The van der Waals surface area contributed by atoms with Gasteiger partial charge in [0.2, 0.25) is 0 Å². The van der Waals surface area contributed by atoms with Gasteiger partial charge in [-0.25, -0.2) is 0 Å². The zero-order valence-electron chi connectivity index (χ0n) is 23.3. The fraction of sp³-hybridized carbons (Fsp3) is 0.613. The topological polar surface area (TPSA) is 77.4 Å². The quantitative estimate of drug-likeness (QED) is 0.325. The summed E-state index contributed by atoms with van der Waals surface area (Å²) in [5.74, 6) is 1.88. The van der Waals surface area contributed by atoms with E-state index in [2.05, 4.69) is 65.4 Å². The van der Waals surface area contributed by atoms with Gasteiger partial charge in [0, 0.05) is 32.2 Å². The van der Waals surface area contributed by atoms with Gasteiger partial charge in [0.05, 0.1) is 25.9 Å². The summed E-state index contributed by atoms with van der Waals surface area (Å²) in [4.78, 5) is 4.65. The fourth-order valence-corrected chi connectivity index (χ4v) is 5.67. The van der Waals surface area contributed by atoms with Crippen LogP contribution in [0, 0.1) is 13.8 Å². The van der Waals surface area contributed by atoms with Crippen molar-refractivity contribution in [2.45, 2.75) is 58.1 Å². The smallest absolute Gasteiger partial charge is 0.122 e. The molecular formula is C31H47N3O4. The van der Waals surface area contributed by atoms with Crippen molar-refractivity contribution in [1.29, 1.82) is 0 Å². The second-order valence-electron chi connectivity index (χ2n) is 10.8. The number of ether oxygens (including phenoxy) is 2. The molecule has 1 atom stereocenters. The van der Waals surface area contributed by atoms with E-state index in [1.807, 2.05) is 0 Å². The molecule has 7 nitrogen and oxygen atoms in total. The van der Waals surface area contributed by atoms with Gasteiger partial charge in [-0.3, -0.25) is 0 Å². The fourth-order valence-electron chi connectivity index (χ4n) is 5.67. The highest BCUT2D eigenvalue weighted by atomic mass is 16.5. The SMILES string of the molecule is Cc1c(OCCCNC2CCN(CCO)CC2)cccc1-c1cccc(OCCCN2CCC(O)C2)c1C. The summed E-state index contributed by atoms with van der Waals surface area (Å²) < 4.78 is 12.4. The minimum atomic E-state index is -0.166. The van der Waals surface area contributed by atoms with Crippen molar-refractivity contribution in [3.63, 3.8) is 0 Å². The van der Waals surface area contributed by atoms with Gasteiger partial charge in [-0.1, -0.05) is 24.3 Å². The van der Waals surface area contributed by atoms with Crippen LogP contribution in [-0.4, -0.2) is 97.8 Å². The molecule has 0 aromatic heterocycles. The summed E-state index contributed by atoms with van der Waals surface area (Å²) in [5, 5.41) is 22.5. The van der Waals surface area contributed by atoms with E-state index in [-0.39, 0.29) is 12.7 Å². The molecule has 210 valence electrons. The zero-order chi connectivity index (χ0) is 26.7. The van der Waals surface area contributed by atoms with Gasteiger partial charge >= 0.3 is 0 Å². The molecule has 2 aliphatic heterocycles. The third kappa shape index (κ3) is 8.17. The van der Waals surface area contributed by atoms with E-state index in [4.69, 9.17) is 14.6 Å². The highest BCUT2D eigenvalue weighted by molar-refractivity contribution is 5.74. The van der Waals surface area contributed by atoms with Gasteiger partial charge in [0.25, 0.3) is 0 Å². The minimum absolute atomic E-state index is 0.166. The molecule has 2 saturated heterocycles. The maximum absolute atomic E-state index is 9.70. The lowest BCUT2D eigenvalue weighted by molar-refractivity contribution is 0.156. The molecule has 3 N–H and O–H groups in total. The van der Waals surface area contributed by atoms with Gasteiger partial charge in [0.15, 0.2) is 0 Å². The van der Waals surface area contributed by atoms with Gasteiger partial charge in [-0.05, 0) is 100.0 Å². The van der Waals surface area contributed by atoms with E-state index < -0.39 is 0 Å². The third-order valence-corrected chi connectivity index (χ3v) is 8.00. The molecule has 0 amide bonds. The average molecular weight is 526 g/mol. The van der Waals surface area contributed by atoms with Gasteiger partial charge in [-0.2, -0.15) is 0 Å². The lowest BCUT2D eigenvalue weighted by Crippen LogP contribution is -2.43. The summed E-state index contributed by atoms with van der Waals surface area (Å²) in [5.41, 5.74) is 4.68. The molecule has 2 aromatic carbocycles. The van der Waals surface area contributed by atoms with Crippen molar-refractivity contribution < 1.29 is 19.7 Å². The Bertz CT molecular complexity index is 993. The van der Waals surface area contributed by atoms with Crippen molar-refractivity contribution in [3.8, 4) is 22.6 Å². The molecule has 0 saturated carbocycles. The first kappa shape index (κ1) is 28.8. The van der Waals surface area contributed by atoms with Gasteiger partial charge < -0.3 is 34.8 Å². The second kappa shape index (κ2) is 14.8. The molecular weight excluding hydrogens is 478 g/mol. The van der Waals surface area contributed by atoms with E-state index in [1.54, 1.807) is 0 Å². The number of piperidine rings is 1. The molecule has 7 heteroatoms. The van der Waals surface area contributed by atoms with Crippen LogP contribution < -0.4 is 14.8 Å². The monoisotopic (exact) mass is 525 g/mol. The van der Waals surface area contributed by atoms with E-state index in [1.165, 1.54) is 11.1 Å². The Labute approximate surface area is 228 Å². The third-order valence-electron chi connectivity index (χ3n) is 8.00. The highest BCUT2D eigenvalue weighted by Gasteiger charge is 2.20. The van der Waals surface area contributed by atoms with E-state index >= 15 is 0 Å². The van der Waals surface area contributed by atoms with Crippen molar-refractivity contribution in [2.24, 2.45) is 0 Å². The first-order chi connectivity index (χ1) is 18.5. The van der Waals surface area contributed by atoms with Crippen LogP contribution >= 0.6 is 0 Å². The Kier molecular flexibility index (Phi) is 11.3. The molecule has 0 radical (unpaired) electrons. The number of β-amino-alcohol motifs (C(OH)–C–C–N with tert-alkyl or cyclic N) is 2. The molecule has 2 fully saturated rings. The number of rotatable bonds is 14. The first-order valence-electron chi connectivity index (χ1n) is 14.5. The Morgan fingerprint density at radius 1 is 0.816 bits per heavy atom.